The van der Waals surface area contributed by atoms with Crippen molar-refractivity contribution in [3.05, 3.63) is 71.8 Å². The molecule has 0 spiro atoms. The summed E-state index contributed by atoms with van der Waals surface area (Å²) in [6.45, 7) is 0. The Labute approximate surface area is 120 Å². The van der Waals surface area contributed by atoms with Gasteiger partial charge in [-0.2, -0.15) is 5.10 Å². The topological polar surface area (TPSA) is 27.1 Å². The second kappa shape index (κ2) is 5.35. The first-order valence-electron chi connectivity index (χ1n) is 5.95. The number of aromatic nitrogens is 2. The highest BCUT2D eigenvalue weighted by Crippen LogP contribution is 2.22. The highest BCUT2D eigenvalue weighted by atomic mass is 35.5. The van der Waals surface area contributed by atoms with Crippen molar-refractivity contribution in [2.45, 2.75) is 0 Å². The summed E-state index contributed by atoms with van der Waals surface area (Å²) in [7, 11) is 0. The molecule has 3 rings (SSSR count). The molecule has 2 aromatic carbocycles. The normalized spacial score (nSPS) is 10.5. The third-order valence-corrected chi connectivity index (χ3v) is 2.95. The van der Waals surface area contributed by atoms with Gasteiger partial charge in [-0.3, -0.25) is 0 Å². The van der Waals surface area contributed by atoms with E-state index < -0.39 is 0 Å². The molecular formula is C15H10ClFN2O. The van der Waals surface area contributed by atoms with Crippen LogP contribution in [0.4, 0.5) is 4.39 Å². The van der Waals surface area contributed by atoms with Gasteiger partial charge < -0.3 is 4.74 Å². The van der Waals surface area contributed by atoms with Gasteiger partial charge >= 0.3 is 0 Å². The molecule has 0 bridgehead atoms. The van der Waals surface area contributed by atoms with Crippen LogP contribution in [-0.4, -0.2) is 9.78 Å². The van der Waals surface area contributed by atoms with E-state index in [1.165, 1.54) is 12.1 Å². The van der Waals surface area contributed by atoms with Gasteiger partial charge in [0.15, 0.2) is 5.75 Å². The van der Waals surface area contributed by atoms with Crippen molar-refractivity contribution in [1.29, 1.82) is 0 Å². The van der Waals surface area contributed by atoms with Gasteiger partial charge in [0.2, 0.25) is 0 Å². The molecule has 0 aliphatic carbocycles. The zero-order chi connectivity index (χ0) is 13.9. The Balaban J connectivity index is 1.80. The van der Waals surface area contributed by atoms with E-state index >= 15 is 0 Å². The minimum Gasteiger partial charge on any atom is -0.454 e. The van der Waals surface area contributed by atoms with Crippen LogP contribution < -0.4 is 4.74 Å². The first-order valence-corrected chi connectivity index (χ1v) is 6.32. The Morgan fingerprint density at radius 2 is 1.65 bits per heavy atom. The predicted molar refractivity (Wildman–Crippen MR) is 75.0 cm³/mol. The van der Waals surface area contributed by atoms with Crippen molar-refractivity contribution in [2.75, 3.05) is 0 Å². The summed E-state index contributed by atoms with van der Waals surface area (Å²) in [5.41, 5.74) is 0.878. The van der Waals surface area contributed by atoms with E-state index in [0.29, 0.717) is 16.5 Å². The lowest BCUT2D eigenvalue weighted by Crippen LogP contribution is -1.92. The Bertz CT molecular complexity index is 707. The summed E-state index contributed by atoms with van der Waals surface area (Å²) in [6, 6.07) is 13.1. The van der Waals surface area contributed by atoms with Crippen LogP contribution in [0.5, 0.6) is 11.5 Å². The van der Waals surface area contributed by atoms with Crippen molar-refractivity contribution in [3.63, 3.8) is 0 Å². The molecule has 0 amide bonds. The van der Waals surface area contributed by atoms with E-state index in [2.05, 4.69) is 5.10 Å². The number of rotatable bonds is 3. The maximum absolute atomic E-state index is 12.8. The lowest BCUT2D eigenvalue weighted by molar-refractivity contribution is 0.480. The summed E-state index contributed by atoms with van der Waals surface area (Å²) < 4.78 is 20.1. The van der Waals surface area contributed by atoms with Gasteiger partial charge in [0, 0.05) is 5.02 Å². The Morgan fingerprint density at radius 1 is 0.950 bits per heavy atom. The quantitative estimate of drug-likeness (QED) is 0.711. The maximum Gasteiger partial charge on any atom is 0.165 e. The van der Waals surface area contributed by atoms with Crippen LogP contribution in [0.2, 0.25) is 5.02 Å². The van der Waals surface area contributed by atoms with Crippen LogP contribution in [-0.2, 0) is 0 Å². The predicted octanol–water partition coefficient (Wildman–Crippen LogP) is 4.46. The largest absolute Gasteiger partial charge is 0.454 e. The summed E-state index contributed by atoms with van der Waals surface area (Å²) in [5.74, 6) is 0.836. The lowest BCUT2D eigenvalue weighted by Gasteiger charge is -2.02. The van der Waals surface area contributed by atoms with Crippen molar-refractivity contribution in [1.82, 2.24) is 9.78 Å². The average Bonchev–Trinajstić information content (AvgIpc) is 2.91. The SMILES string of the molecule is Fc1ccc(Oc2cnn(-c3ccc(Cl)cc3)c2)cc1. The van der Waals surface area contributed by atoms with Gasteiger partial charge in [0.1, 0.15) is 11.6 Å². The second-order valence-electron chi connectivity index (χ2n) is 4.15. The second-order valence-corrected chi connectivity index (χ2v) is 4.59. The smallest absolute Gasteiger partial charge is 0.165 e. The summed E-state index contributed by atoms with van der Waals surface area (Å²) in [5, 5.41) is 4.87. The van der Waals surface area contributed by atoms with E-state index in [1.54, 1.807) is 41.3 Å². The summed E-state index contributed by atoms with van der Waals surface area (Å²) in [6.07, 6.45) is 3.34. The Morgan fingerprint density at radius 3 is 2.35 bits per heavy atom. The first-order chi connectivity index (χ1) is 9.70. The van der Waals surface area contributed by atoms with E-state index in [1.807, 2.05) is 12.1 Å². The molecule has 3 nitrogen and oxygen atoms in total. The van der Waals surface area contributed by atoms with E-state index in [-0.39, 0.29) is 5.82 Å². The zero-order valence-corrected chi connectivity index (χ0v) is 11.1. The fraction of sp³-hybridized carbons (Fsp3) is 0. The molecule has 1 heterocycles. The van der Waals surface area contributed by atoms with Crippen molar-refractivity contribution >= 4 is 11.6 Å². The molecule has 0 fully saturated rings. The molecule has 0 aliphatic heterocycles. The van der Waals surface area contributed by atoms with Gasteiger partial charge in [0.25, 0.3) is 0 Å². The van der Waals surface area contributed by atoms with E-state index in [0.717, 1.165) is 5.69 Å². The number of hydrogen-bond donors (Lipinski definition) is 0. The highest BCUT2D eigenvalue weighted by molar-refractivity contribution is 6.30. The molecule has 0 saturated heterocycles. The number of halogens is 2. The van der Waals surface area contributed by atoms with Crippen LogP contribution in [0.3, 0.4) is 0 Å². The molecule has 0 saturated carbocycles. The molecule has 3 aromatic rings. The Kier molecular flexibility index (Phi) is 3.39. The van der Waals surface area contributed by atoms with Gasteiger partial charge in [-0.05, 0) is 48.5 Å². The minimum atomic E-state index is -0.297. The first kappa shape index (κ1) is 12.7. The average molecular weight is 289 g/mol. The van der Waals surface area contributed by atoms with Crippen molar-refractivity contribution < 1.29 is 9.13 Å². The molecule has 100 valence electrons. The molecular weight excluding hydrogens is 279 g/mol. The van der Waals surface area contributed by atoms with Crippen LogP contribution in [0, 0.1) is 5.82 Å². The maximum atomic E-state index is 12.8. The highest BCUT2D eigenvalue weighted by Gasteiger charge is 2.03. The van der Waals surface area contributed by atoms with Gasteiger partial charge in [-0.1, -0.05) is 11.6 Å². The summed E-state index contributed by atoms with van der Waals surface area (Å²) in [4.78, 5) is 0. The van der Waals surface area contributed by atoms with E-state index in [9.17, 15) is 4.39 Å². The molecule has 0 aliphatic rings. The standard InChI is InChI=1S/C15H10ClFN2O/c16-11-1-5-13(6-2-11)19-10-15(9-18-19)20-14-7-3-12(17)4-8-14/h1-10H. The number of nitrogens with zero attached hydrogens (tertiary/aromatic N) is 2. The van der Waals surface area contributed by atoms with Crippen LogP contribution in [0.1, 0.15) is 0 Å². The number of ether oxygens (including phenoxy) is 1. The number of hydrogen-bond acceptors (Lipinski definition) is 2. The zero-order valence-electron chi connectivity index (χ0n) is 10.3. The van der Waals surface area contributed by atoms with E-state index in [4.69, 9.17) is 16.3 Å². The number of benzene rings is 2. The summed E-state index contributed by atoms with van der Waals surface area (Å²) >= 11 is 5.84. The molecule has 0 unspecified atom stereocenters. The fourth-order valence-corrected chi connectivity index (χ4v) is 1.86. The third-order valence-electron chi connectivity index (χ3n) is 2.70. The molecule has 5 heteroatoms. The van der Waals surface area contributed by atoms with Gasteiger partial charge in [-0.25, -0.2) is 9.07 Å². The monoisotopic (exact) mass is 288 g/mol. The van der Waals surface area contributed by atoms with Gasteiger partial charge in [0.05, 0.1) is 18.1 Å². The van der Waals surface area contributed by atoms with Crippen LogP contribution >= 0.6 is 11.6 Å². The molecule has 0 radical (unpaired) electrons. The molecule has 0 atom stereocenters. The van der Waals surface area contributed by atoms with Crippen molar-refractivity contribution in [3.8, 4) is 17.2 Å². The molecule has 20 heavy (non-hydrogen) atoms. The van der Waals surface area contributed by atoms with Gasteiger partial charge in [-0.15, -0.1) is 0 Å². The third kappa shape index (κ3) is 2.81. The molecule has 0 N–H and O–H groups in total. The van der Waals surface area contributed by atoms with Crippen molar-refractivity contribution in [2.24, 2.45) is 0 Å². The molecule has 1 aromatic heterocycles. The van der Waals surface area contributed by atoms with Crippen LogP contribution in [0.25, 0.3) is 5.69 Å². The minimum absolute atomic E-state index is 0.297. The lowest BCUT2D eigenvalue weighted by atomic mass is 10.3. The fourth-order valence-electron chi connectivity index (χ4n) is 1.73. The van der Waals surface area contributed by atoms with Crippen LogP contribution in [0.15, 0.2) is 60.9 Å². The Hall–Kier alpha value is -2.33.